The Morgan fingerprint density at radius 1 is 1.19 bits per heavy atom. The Kier molecular flexibility index (Phi) is 4.25. The van der Waals surface area contributed by atoms with E-state index in [1.165, 1.54) is 36.5 Å². The van der Waals surface area contributed by atoms with Crippen molar-refractivity contribution in [3.63, 3.8) is 0 Å². The molecule has 0 fully saturated rings. The van der Waals surface area contributed by atoms with Crippen LogP contribution >= 0.6 is 0 Å². The van der Waals surface area contributed by atoms with Gasteiger partial charge in [0.2, 0.25) is 0 Å². The topological polar surface area (TPSA) is 105 Å². The first-order valence-corrected chi connectivity index (χ1v) is 5.94. The molecular weight excluding hydrogens is 274 g/mol. The number of aromatic carboxylic acids is 1. The zero-order chi connectivity index (χ0) is 15.2. The van der Waals surface area contributed by atoms with Crippen molar-refractivity contribution in [2.45, 2.75) is 0 Å². The number of carboxylic acids is 1. The average molecular weight is 285 g/mol. The van der Waals surface area contributed by atoms with Gasteiger partial charge in [0, 0.05) is 17.7 Å². The Morgan fingerprint density at radius 3 is 2.48 bits per heavy atom. The fourth-order valence-corrected chi connectivity index (χ4v) is 1.64. The lowest BCUT2D eigenvalue weighted by Crippen LogP contribution is -2.02. The van der Waals surface area contributed by atoms with E-state index in [0.717, 1.165) is 0 Å². The van der Waals surface area contributed by atoms with Gasteiger partial charge in [0.05, 0.1) is 22.4 Å². The highest BCUT2D eigenvalue weighted by Gasteiger charge is 2.06. The van der Waals surface area contributed by atoms with Crippen LogP contribution in [0.5, 0.6) is 0 Å². The Bertz CT molecular complexity index is 696. The smallest absolute Gasteiger partial charge is 0.336 e. The molecule has 0 aliphatic rings. The van der Waals surface area contributed by atoms with E-state index in [4.69, 9.17) is 5.11 Å². The second-order valence-electron chi connectivity index (χ2n) is 4.07. The van der Waals surface area contributed by atoms with Crippen molar-refractivity contribution in [1.29, 1.82) is 0 Å². The Balaban J connectivity index is 2.09. The van der Waals surface area contributed by atoms with Crippen molar-refractivity contribution >= 4 is 23.6 Å². The number of nitrogens with zero attached hydrogens (tertiary/aromatic N) is 2. The lowest BCUT2D eigenvalue weighted by Gasteiger charge is -2.01. The molecule has 0 aliphatic heterocycles. The number of benzene rings is 2. The molecule has 0 heterocycles. The average Bonchev–Trinajstić information content (AvgIpc) is 2.48. The van der Waals surface area contributed by atoms with Crippen LogP contribution in [0.1, 0.15) is 15.9 Å². The zero-order valence-electron chi connectivity index (χ0n) is 10.8. The van der Waals surface area contributed by atoms with Crippen LogP contribution in [0.2, 0.25) is 0 Å². The Labute approximate surface area is 119 Å². The molecule has 0 radical (unpaired) electrons. The van der Waals surface area contributed by atoms with Gasteiger partial charge in [-0.05, 0) is 18.2 Å². The summed E-state index contributed by atoms with van der Waals surface area (Å²) in [5.74, 6) is -1.03. The lowest BCUT2D eigenvalue weighted by atomic mass is 10.1. The van der Waals surface area contributed by atoms with Crippen LogP contribution in [0.15, 0.2) is 53.6 Å². The SMILES string of the molecule is O=C(O)c1ccccc1C=NNc1ccc([N+](=O)[O-])cc1. The van der Waals surface area contributed by atoms with Crippen molar-refractivity contribution < 1.29 is 14.8 Å². The number of hydrazone groups is 1. The van der Waals surface area contributed by atoms with Gasteiger partial charge in [-0.1, -0.05) is 18.2 Å². The maximum atomic E-state index is 11.0. The first-order valence-electron chi connectivity index (χ1n) is 5.94. The van der Waals surface area contributed by atoms with Gasteiger partial charge in [0.25, 0.3) is 5.69 Å². The van der Waals surface area contributed by atoms with Gasteiger partial charge in [-0.25, -0.2) is 4.79 Å². The van der Waals surface area contributed by atoms with Crippen LogP contribution in [0, 0.1) is 10.1 Å². The molecule has 2 N–H and O–H groups in total. The molecule has 0 aliphatic carbocycles. The van der Waals surface area contributed by atoms with E-state index in [1.807, 2.05) is 0 Å². The fraction of sp³-hybridized carbons (Fsp3) is 0. The largest absolute Gasteiger partial charge is 0.478 e. The molecule has 2 aromatic carbocycles. The Morgan fingerprint density at radius 2 is 1.86 bits per heavy atom. The highest BCUT2D eigenvalue weighted by molar-refractivity contribution is 5.98. The molecule has 2 aromatic rings. The van der Waals surface area contributed by atoms with Crippen LogP contribution < -0.4 is 5.43 Å². The molecule has 7 heteroatoms. The molecule has 0 atom stereocenters. The quantitative estimate of drug-likeness (QED) is 0.499. The molecule has 0 bridgehead atoms. The van der Waals surface area contributed by atoms with Gasteiger partial charge >= 0.3 is 5.97 Å². The van der Waals surface area contributed by atoms with E-state index in [0.29, 0.717) is 11.3 Å². The zero-order valence-corrected chi connectivity index (χ0v) is 10.8. The monoisotopic (exact) mass is 285 g/mol. The lowest BCUT2D eigenvalue weighted by molar-refractivity contribution is -0.384. The maximum Gasteiger partial charge on any atom is 0.336 e. The molecule has 0 aromatic heterocycles. The summed E-state index contributed by atoms with van der Waals surface area (Å²) < 4.78 is 0. The molecule has 2 rings (SSSR count). The van der Waals surface area contributed by atoms with Gasteiger partial charge in [-0.15, -0.1) is 0 Å². The van der Waals surface area contributed by atoms with Crippen LogP contribution in [-0.4, -0.2) is 22.2 Å². The van der Waals surface area contributed by atoms with Crippen LogP contribution in [0.25, 0.3) is 0 Å². The van der Waals surface area contributed by atoms with Crippen molar-refractivity contribution in [2.24, 2.45) is 5.10 Å². The number of hydrogen-bond donors (Lipinski definition) is 2. The maximum absolute atomic E-state index is 11.0. The van der Waals surface area contributed by atoms with Crippen molar-refractivity contribution in [2.75, 3.05) is 5.43 Å². The van der Waals surface area contributed by atoms with Crippen LogP contribution in [-0.2, 0) is 0 Å². The molecule has 0 saturated heterocycles. The van der Waals surface area contributed by atoms with E-state index in [2.05, 4.69) is 10.5 Å². The number of carboxylic acid groups (broad SMARTS) is 1. The Hall–Kier alpha value is -3.22. The van der Waals surface area contributed by atoms with E-state index in [-0.39, 0.29) is 11.3 Å². The summed E-state index contributed by atoms with van der Waals surface area (Å²) in [7, 11) is 0. The predicted molar refractivity (Wildman–Crippen MR) is 77.7 cm³/mol. The van der Waals surface area contributed by atoms with E-state index in [9.17, 15) is 14.9 Å². The minimum absolute atomic E-state index is 0.0132. The van der Waals surface area contributed by atoms with Crippen molar-refractivity contribution in [3.8, 4) is 0 Å². The molecule has 7 nitrogen and oxygen atoms in total. The number of nitrogens with one attached hydrogen (secondary N) is 1. The molecule has 21 heavy (non-hydrogen) atoms. The minimum Gasteiger partial charge on any atom is -0.478 e. The number of nitro benzene ring substituents is 1. The second kappa shape index (κ2) is 6.29. The third kappa shape index (κ3) is 3.63. The number of anilines is 1. The highest BCUT2D eigenvalue weighted by atomic mass is 16.6. The van der Waals surface area contributed by atoms with Crippen LogP contribution in [0.4, 0.5) is 11.4 Å². The first-order chi connectivity index (χ1) is 10.1. The number of non-ortho nitro benzene ring substituents is 1. The summed E-state index contributed by atoms with van der Waals surface area (Å²) in [5.41, 5.74) is 3.83. The standard InChI is InChI=1S/C14H11N3O4/c18-14(19)13-4-2-1-3-10(13)9-15-16-11-5-7-12(8-6-11)17(20)21/h1-9,16H,(H,18,19). The van der Waals surface area contributed by atoms with Gasteiger partial charge in [0.15, 0.2) is 0 Å². The van der Waals surface area contributed by atoms with E-state index >= 15 is 0 Å². The third-order valence-corrected chi connectivity index (χ3v) is 2.67. The first kappa shape index (κ1) is 14.2. The minimum atomic E-state index is -1.03. The third-order valence-electron chi connectivity index (χ3n) is 2.67. The van der Waals surface area contributed by atoms with Crippen molar-refractivity contribution in [1.82, 2.24) is 0 Å². The molecule has 0 amide bonds. The summed E-state index contributed by atoms with van der Waals surface area (Å²) in [6.07, 6.45) is 1.38. The number of carbonyl (C=O) groups is 1. The van der Waals surface area contributed by atoms with Gasteiger partial charge < -0.3 is 5.11 Å². The van der Waals surface area contributed by atoms with Crippen molar-refractivity contribution in [3.05, 3.63) is 69.8 Å². The van der Waals surface area contributed by atoms with Crippen LogP contribution in [0.3, 0.4) is 0 Å². The van der Waals surface area contributed by atoms with Gasteiger partial charge in [0.1, 0.15) is 0 Å². The summed E-state index contributed by atoms with van der Waals surface area (Å²) >= 11 is 0. The highest BCUT2D eigenvalue weighted by Crippen LogP contribution is 2.15. The number of nitro groups is 1. The van der Waals surface area contributed by atoms with Gasteiger partial charge in [-0.2, -0.15) is 5.10 Å². The number of hydrogen-bond acceptors (Lipinski definition) is 5. The predicted octanol–water partition coefficient (Wildman–Crippen LogP) is 2.74. The second-order valence-corrected chi connectivity index (χ2v) is 4.07. The van der Waals surface area contributed by atoms with Gasteiger partial charge in [-0.3, -0.25) is 15.5 Å². The summed E-state index contributed by atoms with van der Waals surface area (Å²) in [5, 5.41) is 23.5. The van der Waals surface area contributed by atoms with E-state index < -0.39 is 10.9 Å². The molecule has 0 saturated carbocycles. The molecule has 106 valence electrons. The molecule has 0 unspecified atom stereocenters. The fourth-order valence-electron chi connectivity index (χ4n) is 1.64. The van der Waals surface area contributed by atoms with E-state index in [1.54, 1.807) is 18.2 Å². The summed E-state index contributed by atoms with van der Waals surface area (Å²) in [6.45, 7) is 0. The molecule has 0 spiro atoms. The molecular formula is C14H11N3O4. The summed E-state index contributed by atoms with van der Waals surface area (Å²) in [6, 6.07) is 12.2. The summed E-state index contributed by atoms with van der Waals surface area (Å²) in [4.78, 5) is 21.0. The normalized spacial score (nSPS) is 10.5. The number of rotatable bonds is 5.